The fourth-order valence-corrected chi connectivity index (χ4v) is 2.24. The van der Waals surface area contributed by atoms with Gasteiger partial charge in [-0.15, -0.1) is 0 Å². The van der Waals surface area contributed by atoms with Gasteiger partial charge in [-0.1, -0.05) is 33.1 Å². The maximum absolute atomic E-state index is 3.89. The highest BCUT2D eigenvalue weighted by Crippen LogP contribution is 2.24. The van der Waals surface area contributed by atoms with E-state index in [0.717, 1.165) is 31.6 Å². The van der Waals surface area contributed by atoms with Crippen molar-refractivity contribution >= 4 is 12.2 Å². The molecule has 1 aliphatic rings. The van der Waals surface area contributed by atoms with Crippen LogP contribution in [0, 0.1) is 0 Å². The number of nitrogens with one attached hydrogen (secondary N) is 1. The molecule has 0 aliphatic carbocycles. The Hall–Kier alpha value is -1.28. The van der Waals surface area contributed by atoms with Crippen molar-refractivity contribution in [2.24, 2.45) is 0 Å². The largest absolute Gasteiger partial charge is 0.358 e. The monoisotopic (exact) mass is 232 g/mol. The summed E-state index contributed by atoms with van der Waals surface area (Å²) in [5.74, 6) is 0. The summed E-state index contributed by atoms with van der Waals surface area (Å²) in [7, 11) is 2.17. The highest BCUT2D eigenvalue weighted by molar-refractivity contribution is 5.66. The molecule has 1 aliphatic heterocycles. The molecule has 0 bridgehead atoms. The van der Waals surface area contributed by atoms with Crippen LogP contribution < -0.4 is 0 Å². The van der Waals surface area contributed by atoms with Gasteiger partial charge in [0.2, 0.25) is 0 Å². The molecule has 2 rings (SSSR count). The van der Waals surface area contributed by atoms with E-state index in [4.69, 9.17) is 0 Å². The topological polar surface area (TPSA) is 19.0 Å². The SMILES string of the molecule is C=Cc1[nH]c2c(c1C=C)CCN(C)CC2.CC. The van der Waals surface area contributed by atoms with E-state index in [1.54, 1.807) is 0 Å². The van der Waals surface area contributed by atoms with Crippen molar-refractivity contribution in [3.63, 3.8) is 0 Å². The summed E-state index contributed by atoms with van der Waals surface area (Å²) in [6.07, 6.45) is 6.03. The van der Waals surface area contributed by atoms with Crippen molar-refractivity contribution in [1.29, 1.82) is 0 Å². The molecule has 0 amide bonds. The first-order valence-electron chi connectivity index (χ1n) is 6.43. The molecule has 2 nitrogen and oxygen atoms in total. The first-order valence-corrected chi connectivity index (χ1v) is 6.43. The third kappa shape index (κ3) is 2.89. The van der Waals surface area contributed by atoms with E-state index in [0.29, 0.717) is 0 Å². The fraction of sp³-hybridized carbons (Fsp3) is 0.467. The summed E-state index contributed by atoms with van der Waals surface area (Å²) in [5, 5.41) is 0. The van der Waals surface area contributed by atoms with Crippen LogP contribution in [-0.4, -0.2) is 30.0 Å². The van der Waals surface area contributed by atoms with E-state index < -0.39 is 0 Å². The van der Waals surface area contributed by atoms with E-state index in [2.05, 4.69) is 30.1 Å². The molecule has 0 spiro atoms. The Labute approximate surface area is 105 Å². The second-order valence-corrected chi connectivity index (χ2v) is 4.12. The van der Waals surface area contributed by atoms with Crippen molar-refractivity contribution in [3.8, 4) is 0 Å². The minimum atomic E-state index is 1.10. The lowest BCUT2D eigenvalue weighted by atomic mass is 10.0. The van der Waals surface area contributed by atoms with Gasteiger partial charge < -0.3 is 9.88 Å². The van der Waals surface area contributed by atoms with Crippen LogP contribution in [0.1, 0.15) is 36.4 Å². The van der Waals surface area contributed by atoms with E-state index in [-0.39, 0.29) is 0 Å². The molecule has 0 saturated heterocycles. The summed E-state index contributed by atoms with van der Waals surface area (Å²) in [6.45, 7) is 14.0. The van der Waals surface area contributed by atoms with Crippen LogP contribution in [-0.2, 0) is 12.8 Å². The zero-order valence-corrected chi connectivity index (χ0v) is 11.3. The highest BCUT2D eigenvalue weighted by atomic mass is 15.1. The molecule has 0 atom stereocenters. The molecule has 0 saturated carbocycles. The normalized spacial score (nSPS) is 15.2. The smallest absolute Gasteiger partial charge is 0.0452 e. The van der Waals surface area contributed by atoms with Crippen LogP contribution in [0.2, 0.25) is 0 Å². The summed E-state index contributed by atoms with van der Waals surface area (Å²) in [5.41, 5.74) is 5.17. The predicted octanol–water partition coefficient (Wildman–Crippen LogP) is 3.36. The lowest BCUT2D eigenvalue weighted by Crippen LogP contribution is -2.21. The number of aromatic nitrogens is 1. The maximum atomic E-state index is 3.89. The van der Waals surface area contributed by atoms with E-state index in [1.165, 1.54) is 16.8 Å². The van der Waals surface area contributed by atoms with Crippen LogP contribution in [0.4, 0.5) is 0 Å². The Morgan fingerprint density at radius 3 is 2.35 bits per heavy atom. The molecule has 17 heavy (non-hydrogen) atoms. The minimum Gasteiger partial charge on any atom is -0.358 e. The zero-order chi connectivity index (χ0) is 12.8. The summed E-state index contributed by atoms with van der Waals surface area (Å²) >= 11 is 0. The molecule has 2 heterocycles. The molecule has 94 valence electrons. The summed E-state index contributed by atoms with van der Waals surface area (Å²) in [4.78, 5) is 5.82. The third-order valence-corrected chi connectivity index (χ3v) is 3.16. The lowest BCUT2D eigenvalue weighted by Gasteiger charge is -2.11. The second-order valence-electron chi connectivity index (χ2n) is 4.12. The molecule has 1 N–H and O–H groups in total. The Morgan fingerprint density at radius 1 is 1.12 bits per heavy atom. The number of hydrogen-bond donors (Lipinski definition) is 1. The van der Waals surface area contributed by atoms with E-state index in [9.17, 15) is 0 Å². The standard InChI is InChI=1S/C13H18N2.C2H6/c1-4-10-11-6-8-15(3)9-7-13(11)14-12(10)5-2;1-2/h4-5,14H,1-2,6-9H2,3H3;1-2H3. The third-order valence-electron chi connectivity index (χ3n) is 3.16. The van der Waals surface area contributed by atoms with Gasteiger partial charge in [0, 0.05) is 36.5 Å². The highest BCUT2D eigenvalue weighted by Gasteiger charge is 2.17. The van der Waals surface area contributed by atoms with Gasteiger partial charge in [0.1, 0.15) is 0 Å². The first kappa shape index (κ1) is 13.8. The molecule has 0 radical (unpaired) electrons. The van der Waals surface area contributed by atoms with Crippen molar-refractivity contribution in [2.45, 2.75) is 26.7 Å². The van der Waals surface area contributed by atoms with Gasteiger partial charge in [0.25, 0.3) is 0 Å². The van der Waals surface area contributed by atoms with Crippen LogP contribution in [0.15, 0.2) is 13.2 Å². The number of likely N-dealkylation sites (N-methyl/N-ethyl adjacent to an activating group) is 1. The molecular formula is C15H24N2. The van der Waals surface area contributed by atoms with Crippen molar-refractivity contribution < 1.29 is 0 Å². The van der Waals surface area contributed by atoms with Crippen LogP contribution >= 0.6 is 0 Å². The average Bonchev–Trinajstić information content (AvgIpc) is 2.63. The van der Waals surface area contributed by atoms with Gasteiger partial charge in [-0.2, -0.15) is 0 Å². The van der Waals surface area contributed by atoms with Gasteiger partial charge in [-0.3, -0.25) is 0 Å². The maximum Gasteiger partial charge on any atom is 0.0452 e. The number of nitrogens with zero attached hydrogens (tertiary/aromatic N) is 1. The summed E-state index contributed by atoms with van der Waals surface area (Å²) < 4.78 is 0. The Morgan fingerprint density at radius 2 is 1.76 bits per heavy atom. The Balaban J connectivity index is 0.000000686. The predicted molar refractivity (Wildman–Crippen MR) is 77.2 cm³/mol. The van der Waals surface area contributed by atoms with Crippen molar-refractivity contribution in [2.75, 3.05) is 20.1 Å². The zero-order valence-electron chi connectivity index (χ0n) is 11.3. The van der Waals surface area contributed by atoms with Crippen LogP contribution in [0.25, 0.3) is 12.2 Å². The number of rotatable bonds is 2. The fourth-order valence-electron chi connectivity index (χ4n) is 2.24. The summed E-state index contributed by atoms with van der Waals surface area (Å²) in [6, 6.07) is 0. The van der Waals surface area contributed by atoms with Gasteiger partial charge in [0.05, 0.1) is 0 Å². The molecule has 0 aromatic carbocycles. The van der Waals surface area contributed by atoms with Crippen molar-refractivity contribution in [3.05, 3.63) is 35.7 Å². The van der Waals surface area contributed by atoms with E-state index in [1.807, 2.05) is 26.0 Å². The van der Waals surface area contributed by atoms with Gasteiger partial charge in [0.15, 0.2) is 0 Å². The molecular weight excluding hydrogens is 208 g/mol. The number of H-pyrrole nitrogens is 1. The minimum absolute atomic E-state index is 1.10. The van der Waals surface area contributed by atoms with Gasteiger partial charge >= 0.3 is 0 Å². The van der Waals surface area contributed by atoms with Crippen LogP contribution in [0.5, 0.6) is 0 Å². The van der Waals surface area contributed by atoms with Gasteiger partial charge in [-0.05, 0) is 25.1 Å². The number of hydrogen-bond acceptors (Lipinski definition) is 1. The van der Waals surface area contributed by atoms with Crippen LogP contribution in [0.3, 0.4) is 0 Å². The average molecular weight is 232 g/mol. The lowest BCUT2D eigenvalue weighted by molar-refractivity contribution is 0.351. The molecule has 0 fully saturated rings. The number of fused-ring (bicyclic) bond motifs is 1. The molecule has 1 aromatic rings. The first-order chi connectivity index (χ1) is 8.26. The molecule has 2 heteroatoms. The Kier molecular flexibility index (Phi) is 5.23. The van der Waals surface area contributed by atoms with Gasteiger partial charge in [-0.25, -0.2) is 0 Å². The van der Waals surface area contributed by atoms with E-state index >= 15 is 0 Å². The number of aromatic amines is 1. The quantitative estimate of drug-likeness (QED) is 0.828. The molecule has 0 unspecified atom stereocenters. The van der Waals surface area contributed by atoms with Crippen molar-refractivity contribution in [1.82, 2.24) is 9.88 Å². The molecule has 1 aromatic heterocycles. The second kappa shape index (κ2) is 6.45. The Bertz CT molecular complexity index is 388.